The van der Waals surface area contributed by atoms with E-state index in [1.165, 1.54) is 0 Å². The molecular weight excluding hydrogens is 316 g/mol. The van der Waals surface area contributed by atoms with Gasteiger partial charge in [0.1, 0.15) is 5.69 Å². The van der Waals surface area contributed by atoms with Gasteiger partial charge in [-0.1, -0.05) is 0 Å². The molecule has 1 aliphatic rings. The predicted octanol–water partition coefficient (Wildman–Crippen LogP) is 1.36. The van der Waals surface area contributed by atoms with E-state index in [-0.39, 0.29) is 5.78 Å². The summed E-state index contributed by atoms with van der Waals surface area (Å²) in [6.07, 6.45) is 4.19. The molecule has 0 unspecified atom stereocenters. The second-order valence-corrected chi connectivity index (χ2v) is 6.06. The Morgan fingerprint density at radius 3 is 2.80 bits per heavy atom. The zero-order valence-corrected chi connectivity index (χ0v) is 13.8. The number of nitrogens with two attached hydrogens (primary N) is 2. The number of pyridine rings is 1. The first-order chi connectivity index (χ1) is 12.3. The summed E-state index contributed by atoms with van der Waals surface area (Å²) in [5.41, 5.74) is 15.9. The minimum Gasteiger partial charge on any atom is -0.384 e. The van der Waals surface area contributed by atoms with Gasteiger partial charge in [0.15, 0.2) is 5.78 Å². The van der Waals surface area contributed by atoms with Crippen molar-refractivity contribution in [1.82, 2.24) is 14.8 Å². The lowest BCUT2D eigenvalue weighted by molar-refractivity contribution is 0.104. The van der Waals surface area contributed by atoms with Crippen LogP contribution in [0.4, 0.5) is 5.69 Å². The maximum atomic E-state index is 13.2. The molecule has 7 nitrogen and oxygen atoms in total. The van der Waals surface area contributed by atoms with Crippen molar-refractivity contribution < 1.29 is 4.79 Å². The molecule has 0 spiro atoms. The summed E-state index contributed by atoms with van der Waals surface area (Å²) in [5, 5.41) is 8.93. The van der Waals surface area contributed by atoms with Gasteiger partial charge in [-0.3, -0.25) is 14.5 Å². The minimum absolute atomic E-state index is 0.00181. The molecule has 0 saturated carbocycles. The Kier molecular flexibility index (Phi) is 3.95. The molecule has 1 aromatic carbocycles. The number of benzene rings is 1. The van der Waals surface area contributed by atoms with E-state index in [2.05, 4.69) is 10.3 Å². The van der Waals surface area contributed by atoms with E-state index in [0.717, 1.165) is 40.8 Å². The molecule has 128 valence electrons. The second-order valence-electron chi connectivity index (χ2n) is 6.06. The Morgan fingerprint density at radius 1 is 1.12 bits per heavy atom. The normalized spacial score (nSPS) is 12.5. The molecule has 0 saturated heterocycles. The fourth-order valence-corrected chi connectivity index (χ4v) is 3.38. The summed E-state index contributed by atoms with van der Waals surface area (Å²) in [6, 6.07) is 5.69. The summed E-state index contributed by atoms with van der Waals surface area (Å²) in [6.45, 7) is 2.40. The van der Waals surface area contributed by atoms with E-state index in [1.807, 2.05) is 16.8 Å². The van der Waals surface area contributed by atoms with E-state index in [4.69, 9.17) is 16.6 Å². The highest BCUT2D eigenvalue weighted by atomic mass is 16.1. The third kappa shape index (κ3) is 2.40. The van der Waals surface area contributed by atoms with Gasteiger partial charge in [0.2, 0.25) is 0 Å². The molecule has 2 heterocycles. The van der Waals surface area contributed by atoms with Crippen LogP contribution in [0.1, 0.15) is 22.3 Å². The van der Waals surface area contributed by atoms with E-state index >= 15 is 0 Å². The molecule has 1 aliphatic carbocycles. The van der Waals surface area contributed by atoms with Crippen LogP contribution in [0.5, 0.6) is 0 Å². The fourth-order valence-electron chi connectivity index (χ4n) is 3.38. The number of rotatable bonds is 6. The molecule has 25 heavy (non-hydrogen) atoms. The Bertz CT molecular complexity index is 962. The van der Waals surface area contributed by atoms with Gasteiger partial charge < -0.3 is 16.8 Å². The van der Waals surface area contributed by atoms with Crippen LogP contribution < -0.4 is 16.8 Å². The van der Waals surface area contributed by atoms with Crippen LogP contribution in [0, 0.1) is 0 Å². The first kappa shape index (κ1) is 15.7. The van der Waals surface area contributed by atoms with Crippen LogP contribution in [-0.4, -0.2) is 40.2 Å². The zero-order valence-electron chi connectivity index (χ0n) is 13.8. The number of fused-ring (bicyclic) bond motifs is 2. The quantitative estimate of drug-likeness (QED) is 0.458. The Morgan fingerprint density at radius 2 is 2.00 bits per heavy atom. The molecule has 2 aromatic heterocycles. The Hall–Kier alpha value is -2.77. The van der Waals surface area contributed by atoms with Crippen molar-refractivity contribution in [2.75, 3.05) is 25.0 Å². The van der Waals surface area contributed by atoms with Gasteiger partial charge in [-0.2, -0.15) is 5.10 Å². The number of ketones is 1. The van der Waals surface area contributed by atoms with Crippen LogP contribution in [-0.2, 0) is 6.54 Å². The van der Waals surface area contributed by atoms with Gasteiger partial charge in [-0.05, 0) is 31.2 Å². The van der Waals surface area contributed by atoms with Gasteiger partial charge in [0.25, 0.3) is 0 Å². The summed E-state index contributed by atoms with van der Waals surface area (Å²) in [7, 11) is 0. The SMILES string of the molecule is NCCCNc1ccc2c3c(nn2CCN)-c2cnccc2C(=O)c13. The monoisotopic (exact) mass is 336 g/mol. The molecule has 0 fully saturated rings. The lowest BCUT2D eigenvalue weighted by Crippen LogP contribution is -2.15. The van der Waals surface area contributed by atoms with Gasteiger partial charge in [0, 0.05) is 47.7 Å². The van der Waals surface area contributed by atoms with Gasteiger partial charge in [-0.25, -0.2) is 0 Å². The zero-order chi connectivity index (χ0) is 17.4. The third-order valence-corrected chi connectivity index (χ3v) is 4.50. The highest BCUT2D eigenvalue weighted by Crippen LogP contribution is 2.41. The predicted molar refractivity (Wildman–Crippen MR) is 97.6 cm³/mol. The fraction of sp³-hybridized carbons (Fsp3) is 0.278. The number of anilines is 1. The summed E-state index contributed by atoms with van der Waals surface area (Å²) < 4.78 is 1.87. The summed E-state index contributed by atoms with van der Waals surface area (Å²) in [5.74, 6) is -0.00181. The standard InChI is InChI=1S/C18H20N6O/c19-5-1-7-22-13-2-3-14-16-15(13)18(25)11-4-8-21-10-12(11)17(16)23-24(14)9-6-20/h2-4,8,10,22H,1,5-7,9,19-20H2. The molecule has 0 aliphatic heterocycles. The number of carbonyl (C=O) groups is 1. The molecule has 0 radical (unpaired) electrons. The smallest absolute Gasteiger partial charge is 0.196 e. The number of aromatic nitrogens is 3. The maximum Gasteiger partial charge on any atom is 0.196 e. The number of carbonyl (C=O) groups excluding carboxylic acids is 1. The van der Waals surface area contributed by atoms with Crippen LogP contribution in [0.15, 0.2) is 30.6 Å². The number of hydrogen-bond acceptors (Lipinski definition) is 6. The van der Waals surface area contributed by atoms with Crippen molar-refractivity contribution >= 4 is 22.4 Å². The van der Waals surface area contributed by atoms with Crippen LogP contribution in [0.25, 0.3) is 22.2 Å². The van der Waals surface area contributed by atoms with Crippen LogP contribution in [0.2, 0.25) is 0 Å². The van der Waals surface area contributed by atoms with E-state index in [0.29, 0.717) is 30.8 Å². The van der Waals surface area contributed by atoms with Crippen LogP contribution in [0.3, 0.4) is 0 Å². The van der Waals surface area contributed by atoms with Gasteiger partial charge in [-0.15, -0.1) is 0 Å². The van der Waals surface area contributed by atoms with Crippen molar-refractivity contribution in [3.05, 3.63) is 41.7 Å². The topological polar surface area (TPSA) is 112 Å². The number of nitrogens with one attached hydrogen (secondary N) is 1. The van der Waals surface area contributed by atoms with Crippen molar-refractivity contribution in [2.45, 2.75) is 13.0 Å². The number of hydrogen-bond donors (Lipinski definition) is 3. The van der Waals surface area contributed by atoms with Gasteiger partial charge in [0.05, 0.1) is 17.6 Å². The average molecular weight is 336 g/mol. The first-order valence-electron chi connectivity index (χ1n) is 8.43. The molecule has 7 heteroatoms. The largest absolute Gasteiger partial charge is 0.384 e. The molecule has 0 atom stereocenters. The lowest BCUT2D eigenvalue weighted by atomic mass is 9.87. The molecule has 3 aromatic rings. The highest BCUT2D eigenvalue weighted by molar-refractivity contribution is 6.27. The summed E-state index contributed by atoms with van der Waals surface area (Å²) >= 11 is 0. The van der Waals surface area contributed by atoms with Crippen LogP contribution >= 0.6 is 0 Å². The van der Waals surface area contributed by atoms with E-state index in [9.17, 15) is 4.79 Å². The first-order valence-corrected chi connectivity index (χ1v) is 8.43. The van der Waals surface area contributed by atoms with Gasteiger partial charge >= 0.3 is 0 Å². The second kappa shape index (κ2) is 6.27. The summed E-state index contributed by atoms with van der Waals surface area (Å²) in [4.78, 5) is 17.3. The molecular formula is C18H20N6O. The Balaban J connectivity index is 1.97. The van der Waals surface area contributed by atoms with Crippen molar-refractivity contribution in [3.8, 4) is 11.3 Å². The van der Waals surface area contributed by atoms with Crippen molar-refractivity contribution in [3.63, 3.8) is 0 Å². The molecule has 4 rings (SSSR count). The molecule has 0 bridgehead atoms. The average Bonchev–Trinajstić information content (AvgIpc) is 3.00. The van der Waals surface area contributed by atoms with Crippen molar-refractivity contribution in [1.29, 1.82) is 0 Å². The third-order valence-electron chi connectivity index (χ3n) is 4.50. The van der Waals surface area contributed by atoms with E-state index in [1.54, 1.807) is 18.5 Å². The van der Waals surface area contributed by atoms with Crippen molar-refractivity contribution in [2.24, 2.45) is 11.5 Å². The lowest BCUT2D eigenvalue weighted by Gasteiger charge is -2.18. The molecule has 5 N–H and O–H groups in total. The maximum absolute atomic E-state index is 13.2. The minimum atomic E-state index is -0.00181. The highest BCUT2D eigenvalue weighted by Gasteiger charge is 2.31. The Labute approximate surface area is 145 Å². The molecule has 0 amide bonds. The van der Waals surface area contributed by atoms with E-state index < -0.39 is 0 Å². The number of nitrogens with zero attached hydrogens (tertiary/aromatic N) is 3.